The molecule has 0 heterocycles. The van der Waals surface area contributed by atoms with Crippen LogP contribution in [0, 0.1) is 0 Å². The molecule has 0 bridgehead atoms. The third-order valence-corrected chi connectivity index (χ3v) is 2.83. The maximum absolute atomic E-state index is 9.73. The van der Waals surface area contributed by atoms with Gasteiger partial charge in [0.25, 0.3) is 0 Å². The number of phenolic OH excluding ortho intramolecular Hbond substituents is 2. The molecule has 5 nitrogen and oxygen atoms in total. The van der Waals surface area contributed by atoms with E-state index in [2.05, 4.69) is 5.32 Å². The number of aromatic hydroxyl groups is 2. The van der Waals surface area contributed by atoms with Gasteiger partial charge in [-0.2, -0.15) is 0 Å². The van der Waals surface area contributed by atoms with Crippen molar-refractivity contribution in [3.63, 3.8) is 0 Å². The lowest BCUT2D eigenvalue weighted by Gasteiger charge is -2.20. The highest BCUT2D eigenvalue weighted by Gasteiger charge is 2.16. The Balaban J connectivity index is 2.62. The standard InChI is InChI=1S/C13H21NO4/c1-9(14-7-10(18-3)8-17-2)13-11(15)5-4-6-12(13)16/h4-6,9-10,14-16H,7-8H2,1-3H3. The lowest BCUT2D eigenvalue weighted by molar-refractivity contribution is 0.0275. The Labute approximate surface area is 107 Å². The minimum atomic E-state index is -0.180. The van der Waals surface area contributed by atoms with Crippen LogP contribution in [0.15, 0.2) is 18.2 Å². The van der Waals surface area contributed by atoms with Crippen LogP contribution in [0.1, 0.15) is 18.5 Å². The van der Waals surface area contributed by atoms with Gasteiger partial charge in [-0.15, -0.1) is 0 Å². The summed E-state index contributed by atoms with van der Waals surface area (Å²) in [7, 11) is 3.23. The SMILES string of the molecule is COCC(CNC(C)c1c(O)cccc1O)OC. The van der Waals surface area contributed by atoms with Gasteiger partial charge in [0.05, 0.1) is 18.3 Å². The molecule has 1 aromatic rings. The highest BCUT2D eigenvalue weighted by molar-refractivity contribution is 5.44. The van der Waals surface area contributed by atoms with Gasteiger partial charge in [0, 0.05) is 26.8 Å². The molecule has 102 valence electrons. The van der Waals surface area contributed by atoms with Crippen molar-refractivity contribution >= 4 is 0 Å². The van der Waals surface area contributed by atoms with Crippen molar-refractivity contribution in [3.05, 3.63) is 23.8 Å². The van der Waals surface area contributed by atoms with Gasteiger partial charge in [-0.05, 0) is 19.1 Å². The Bertz CT molecular complexity index is 350. The van der Waals surface area contributed by atoms with Crippen LogP contribution in [-0.4, -0.2) is 43.7 Å². The molecule has 5 heteroatoms. The van der Waals surface area contributed by atoms with E-state index in [0.717, 1.165) is 0 Å². The van der Waals surface area contributed by atoms with E-state index >= 15 is 0 Å². The molecule has 0 aliphatic heterocycles. The second-order valence-corrected chi connectivity index (χ2v) is 4.15. The summed E-state index contributed by atoms with van der Waals surface area (Å²) >= 11 is 0. The zero-order valence-electron chi connectivity index (χ0n) is 11.0. The third kappa shape index (κ3) is 3.87. The Morgan fingerprint density at radius 2 is 1.83 bits per heavy atom. The van der Waals surface area contributed by atoms with Crippen LogP contribution in [0.3, 0.4) is 0 Å². The topological polar surface area (TPSA) is 71.0 Å². The Morgan fingerprint density at radius 1 is 1.22 bits per heavy atom. The van der Waals surface area contributed by atoms with E-state index in [1.54, 1.807) is 32.4 Å². The molecule has 0 aromatic heterocycles. The number of rotatable bonds is 7. The number of hydrogen-bond donors (Lipinski definition) is 3. The van der Waals surface area contributed by atoms with E-state index in [1.807, 2.05) is 6.92 Å². The molecule has 0 radical (unpaired) electrons. The van der Waals surface area contributed by atoms with Gasteiger partial charge in [0.15, 0.2) is 0 Å². The highest BCUT2D eigenvalue weighted by atomic mass is 16.5. The van der Waals surface area contributed by atoms with E-state index < -0.39 is 0 Å². The molecule has 0 aliphatic rings. The first-order chi connectivity index (χ1) is 8.60. The zero-order valence-corrected chi connectivity index (χ0v) is 11.0. The summed E-state index contributed by atoms with van der Waals surface area (Å²) in [4.78, 5) is 0. The summed E-state index contributed by atoms with van der Waals surface area (Å²) in [5.41, 5.74) is 0.491. The number of nitrogens with one attached hydrogen (secondary N) is 1. The number of methoxy groups -OCH3 is 2. The van der Waals surface area contributed by atoms with E-state index in [1.165, 1.54) is 0 Å². The largest absolute Gasteiger partial charge is 0.507 e. The normalized spacial score (nSPS) is 14.4. The smallest absolute Gasteiger partial charge is 0.124 e. The van der Waals surface area contributed by atoms with Crippen molar-refractivity contribution in [2.24, 2.45) is 0 Å². The first kappa shape index (κ1) is 14.8. The lowest BCUT2D eigenvalue weighted by atomic mass is 10.1. The lowest BCUT2D eigenvalue weighted by Crippen LogP contribution is -2.33. The molecule has 3 N–H and O–H groups in total. The molecule has 18 heavy (non-hydrogen) atoms. The van der Waals surface area contributed by atoms with Gasteiger partial charge in [-0.1, -0.05) is 6.07 Å². The first-order valence-corrected chi connectivity index (χ1v) is 5.86. The maximum Gasteiger partial charge on any atom is 0.124 e. The molecule has 2 unspecified atom stereocenters. The van der Waals surface area contributed by atoms with Gasteiger partial charge in [0.1, 0.15) is 11.5 Å². The average Bonchev–Trinajstić information content (AvgIpc) is 2.34. The minimum Gasteiger partial charge on any atom is -0.507 e. The second-order valence-electron chi connectivity index (χ2n) is 4.15. The third-order valence-electron chi connectivity index (χ3n) is 2.83. The predicted octanol–water partition coefficient (Wildman–Crippen LogP) is 1.41. The van der Waals surface area contributed by atoms with Crippen molar-refractivity contribution in [1.29, 1.82) is 0 Å². The van der Waals surface area contributed by atoms with Gasteiger partial charge in [-0.25, -0.2) is 0 Å². The molecule has 0 saturated heterocycles. The number of phenols is 2. The molecule has 1 aromatic carbocycles. The molecule has 0 saturated carbocycles. The summed E-state index contributed by atoms with van der Waals surface area (Å²) in [6.45, 7) is 2.93. The summed E-state index contributed by atoms with van der Waals surface area (Å²) in [6.07, 6.45) is -0.0644. The van der Waals surface area contributed by atoms with E-state index in [9.17, 15) is 10.2 Å². The first-order valence-electron chi connectivity index (χ1n) is 5.86. The van der Waals surface area contributed by atoms with Crippen LogP contribution in [-0.2, 0) is 9.47 Å². The van der Waals surface area contributed by atoms with Crippen molar-refractivity contribution in [2.75, 3.05) is 27.4 Å². The number of ether oxygens (including phenoxy) is 2. The number of hydrogen-bond acceptors (Lipinski definition) is 5. The molecule has 0 amide bonds. The fourth-order valence-electron chi connectivity index (χ4n) is 1.79. The predicted molar refractivity (Wildman–Crippen MR) is 68.9 cm³/mol. The fraction of sp³-hybridized carbons (Fsp3) is 0.538. The Kier molecular flexibility index (Phi) is 5.91. The highest BCUT2D eigenvalue weighted by Crippen LogP contribution is 2.31. The molecule has 0 spiro atoms. The van der Waals surface area contributed by atoms with E-state index in [4.69, 9.17) is 9.47 Å². The van der Waals surface area contributed by atoms with Gasteiger partial charge >= 0.3 is 0 Å². The summed E-state index contributed by atoms with van der Waals surface area (Å²) in [5.74, 6) is 0.159. The van der Waals surface area contributed by atoms with Crippen molar-refractivity contribution in [1.82, 2.24) is 5.32 Å². The van der Waals surface area contributed by atoms with Crippen LogP contribution in [0.4, 0.5) is 0 Å². The fourth-order valence-corrected chi connectivity index (χ4v) is 1.79. The Morgan fingerprint density at radius 3 is 2.33 bits per heavy atom. The van der Waals surface area contributed by atoms with Crippen molar-refractivity contribution in [2.45, 2.75) is 19.1 Å². The van der Waals surface area contributed by atoms with Gasteiger partial charge in [0.2, 0.25) is 0 Å². The molecule has 0 fully saturated rings. The molecular weight excluding hydrogens is 234 g/mol. The van der Waals surface area contributed by atoms with Crippen LogP contribution in [0.25, 0.3) is 0 Å². The summed E-state index contributed by atoms with van der Waals surface area (Å²) in [5, 5.41) is 22.7. The maximum atomic E-state index is 9.73. The second kappa shape index (κ2) is 7.20. The number of benzene rings is 1. The molecule has 0 aliphatic carbocycles. The van der Waals surface area contributed by atoms with Crippen LogP contribution < -0.4 is 5.32 Å². The van der Waals surface area contributed by atoms with Crippen molar-refractivity contribution < 1.29 is 19.7 Å². The Hall–Kier alpha value is -1.30. The van der Waals surface area contributed by atoms with Crippen LogP contribution >= 0.6 is 0 Å². The molecular formula is C13H21NO4. The average molecular weight is 255 g/mol. The minimum absolute atomic E-state index is 0.0644. The monoisotopic (exact) mass is 255 g/mol. The quantitative estimate of drug-likeness (QED) is 0.687. The molecule has 2 atom stereocenters. The molecule has 1 rings (SSSR count). The summed E-state index contributed by atoms with van der Waals surface area (Å²) < 4.78 is 10.2. The summed E-state index contributed by atoms with van der Waals surface area (Å²) in [6, 6.07) is 4.52. The van der Waals surface area contributed by atoms with Crippen LogP contribution in [0.5, 0.6) is 11.5 Å². The van der Waals surface area contributed by atoms with E-state index in [0.29, 0.717) is 18.7 Å². The zero-order chi connectivity index (χ0) is 13.5. The van der Waals surface area contributed by atoms with Gasteiger partial charge < -0.3 is 25.0 Å². The van der Waals surface area contributed by atoms with E-state index in [-0.39, 0.29) is 23.6 Å². The van der Waals surface area contributed by atoms with Crippen LogP contribution in [0.2, 0.25) is 0 Å². The van der Waals surface area contributed by atoms with Gasteiger partial charge in [-0.3, -0.25) is 0 Å². The van der Waals surface area contributed by atoms with Crippen molar-refractivity contribution in [3.8, 4) is 11.5 Å².